The predicted octanol–water partition coefficient (Wildman–Crippen LogP) is 1.43. The van der Waals surface area contributed by atoms with Crippen LogP contribution in [-0.4, -0.2) is 14.2 Å². The number of hydrogen-bond donors (Lipinski definition) is 1. The summed E-state index contributed by atoms with van der Waals surface area (Å²) in [6.07, 6.45) is 3.30. The molecule has 0 aromatic carbocycles. The summed E-state index contributed by atoms with van der Waals surface area (Å²) in [5.41, 5.74) is 7.87. The van der Waals surface area contributed by atoms with Crippen molar-refractivity contribution in [3.05, 3.63) is 34.9 Å². The van der Waals surface area contributed by atoms with Crippen LogP contribution in [0.2, 0.25) is 0 Å². The van der Waals surface area contributed by atoms with Gasteiger partial charge in [0, 0.05) is 17.3 Å². The molecule has 0 spiro atoms. The van der Waals surface area contributed by atoms with Gasteiger partial charge in [0.1, 0.15) is 5.03 Å². The number of thiazole rings is 1. The van der Waals surface area contributed by atoms with E-state index < -0.39 is 10.8 Å². The van der Waals surface area contributed by atoms with Gasteiger partial charge in [-0.3, -0.25) is 9.19 Å². The van der Waals surface area contributed by atoms with E-state index in [9.17, 15) is 4.21 Å². The predicted molar refractivity (Wildman–Crippen MR) is 60.9 cm³/mol. The summed E-state index contributed by atoms with van der Waals surface area (Å²) in [6.45, 7) is 0. The molecule has 0 saturated carbocycles. The zero-order valence-electron chi connectivity index (χ0n) is 7.79. The highest BCUT2D eigenvalue weighted by Crippen LogP contribution is 2.17. The van der Waals surface area contributed by atoms with Crippen LogP contribution >= 0.6 is 11.3 Å². The summed E-state index contributed by atoms with van der Waals surface area (Å²) in [5.74, 6) is 0.422. The zero-order valence-corrected chi connectivity index (χ0v) is 9.42. The van der Waals surface area contributed by atoms with Crippen molar-refractivity contribution in [2.75, 3.05) is 5.73 Å². The summed E-state index contributed by atoms with van der Waals surface area (Å²) in [4.78, 5) is 8.91. The molecule has 1 unspecified atom stereocenters. The van der Waals surface area contributed by atoms with Gasteiger partial charge in [-0.25, -0.2) is 4.98 Å². The molecule has 0 amide bonds. The van der Waals surface area contributed by atoms with Gasteiger partial charge in [-0.15, -0.1) is 11.3 Å². The Morgan fingerprint density at radius 3 is 3.07 bits per heavy atom. The zero-order chi connectivity index (χ0) is 10.7. The van der Waals surface area contributed by atoms with Crippen LogP contribution in [0.25, 0.3) is 0 Å². The molecule has 6 heteroatoms. The lowest BCUT2D eigenvalue weighted by atomic mass is 10.4. The third-order valence-corrected chi connectivity index (χ3v) is 4.08. The van der Waals surface area contributed by atoms with Crippen LogP contribution in [0.15, 0.2) is 35.1 Å². The van der Waals surface area contributed by atoms with Gasteiger partial charge in [-0.2, -0.15) is 0 Å². The molecule has 2 rings (SSSR count). The molecule has 2 aromatic heterocycles. The van der Waals surface area contributed by atoms with E-state index in [1.807, 2.05) is 0 Å². The standard InChI is InChI=1S/C9H9N3OS2/c10-8-2-1-3-12-9(8)15(13)5-7-4-11-6-14-7/h1-4,6H,5,10H2. The summed E-state index contributed by atoms with van der Waals surface area (Å²) in [7, 11) is -1.19. The van der Waals surface area contributed by atoms with Crippen molar-refractivity contribution in [2.45, 2.75) is 10.8 Å². The third-order valence-electron chi connectivity index (χ3n) is 1.77. The number of nitrogens with zero attached hydrogens (tertiary/aromatic N) is 2. The Morgan fingerprint density at radius 2 is 2.40 bits per heavy atom. The van der Waals surface area contributed by atoms with Crippen LogP contribution in [0.4, 0.5) is 5.69 Å². The van der Waals surface area contributed by atoms with E-state index in [-0.39, 0.29) is 0 Å². The van der Waals surface area contributed by atoms with Crippen LogP contribution < -0.4 is 5.73 Å². The van der Waals surface area contributed by atoms with Crippen LogP contribution in [0.1, 0.15) is 4.88 Å². The second-order valence-electron chi connectivity index (χ2n) is 2.86. The second kappa shape index (κ2) is 4.50. The van der Waals surface area contributed by atoms with E-state index in [2.05, 4.69) is 9.97 Å². The molecule has 15 heavy (non-hydrogen) atoms. The highest BCUT2D eigenvalue weighted by atomic mass is 32.2. The quantitative estimate of drug-likeness (QED) is 0.879. The van der Waals surface area contributed by atoms with Crippen molar-refractivity contribution in [3.63, 3.8) is 0 Å². The SMILES string of the molecule is Nc1cccnc1S(=O)Cc1cncs1. The topological polar surface area (TPSA) is 68.9 Å². The summed E-state index contributed by atoms with van der Waals surface area (Å²) in [5, 5.41) is 0.450. The Hall–Kier alpha value is -1.27. The molecule has 0 bridgehead atoms. The molecule has 0 fully saturated rings. The molecule has 78 valence electrons. The number of nitrogen functional groups attached to an aromatic ring is 1. The van der Waals surface area contributed by atoms with E-state index in [0.717, 1.165) is 4.88 Å². The molecule has 2 heterocycles. The van der Waals surface area contributed by atoms with Crippen molar-refractivity contribution in [3.8, 4) is 0 Å². The molecular weight excluding hydrogens is 230 g/mol. The average Bonchev–Trinajstić information content (AvgIpc) is 2.71. The van der Waals surface area contributed by atoms with E-state index in [0.29, 0.717) is 16.5 Å². The summed E-state index contributed by atoms with van der Waals surface area (Å²) < 4.78 is 11.9. The fraction of sp³-hybridized carbons (Fsp3) is 0.111. The van der Waals surface area contributed by atoms with Crippen molar-refractivity contribution in [2.24, 2.45) is 0 Å². The Balaban J connectivity index is 2.19. The first-order chi connectivity index (χ1) is 7.27. The Bertz CT molecular complexity index is 470. The second-order valence-corrected chi connectivity index (χ2v) is 5.19. The van der Waals surface area contributed by atoms with Gasteiger partial charge in [0.15, 0.2) is 0 Å². The van der Waals surface area contributed by atoms with Gasteiger partial charge in [0.05, 0.1) is 27.8 Å². The van der Waals surface area contributed by atoms with E-state index in [1.165, 1.54) is 11.3 Å². The number of nitrogens with two attached hydrogens (primary N) is 1. The highest BCUT2D eigenvalue weighted by molar-refractivity contribution is 7.84. The molecular formula is C9H9N3OS2. The average molecular weight is 239 g/mol. The van der Waals surface area contributed by atoms with Gasteiger partial charge in [-0.1, -0.05) is 0 Å². The maximum Gasteiger partial charge on any atom is 0.150 e. The molecule has 0 radical (unpaired) electrons. The van der Waals surface area contributed by atoms with Gasteiger partial charge in [0.25, 0.3) is 0 Å². The number of hydrogen-bond acceptors (Lipinski definition) is 5. The van der Waals surface area contributed by atoms with Crippen LogP contribution in [-0.2, 0) is 16.6 Å². The van der Waals surface area contributed by atoms with Crippen LogP contribution in [0.5, 0.6) is 0 Å². The number of anilines is 1. The van der Waals surface area contributed by atoms with Gasteiger partial charge >= 0.3 is 0 Å². The first-order valence-electron chi connectivity index (χ1n) is 4.23. The lowest BCUT2D eigenvalue weighted by Crippen LogP contribution is -2.02. The lowest BCUT2D eigenvalue weighted by Gasteiger charge is -2.02. The van der Waals surface area contributed by atoms with E-state index >= 15 is 0 Å². The molecule has 0 aliphatic heterocycles. The van der Waals surface area contributed by atoms with Crippen LogP contribution in [0, 0.1) is 0 Å². The number of pyridine rings is 1. The maximum absolute atomic E-state index is 11.9. The fourth-order valence-electron chi connectivity index (χ4n) is 1.10. The Labute approximate surface area is 93.6 Å². The minimum Gasteiger partial charge on any atom is -0.396 e. The van der Waals surface area contributed by atoms with Crippen LogP contribution in [0.3, 0.4) is 0 Å². The van der Waals surface area contributed by atoms with Crippen molar-refractivity contribution < 1.29 is 4.21 Å². The molecule has 2 aromatic rings. The van der Waals surface area contributed by atoms with E-state index in [1.54, 1.807) is 30.0 Å². The maximum atomic E-state index is 11.9. The Morgan fingerprint density at radius 1 is 1.53 bits per heavy atom. The van der Waals surface area contributed by atoms with Gasteiger partial charge in [0.2, 0.25) is 0 Å². The normalized spacial score (nSPS) is 12.5. The van der Waals surface area contributed by atoms with Gasteiger partial charge in [-0.05, 0) is 12.1 Å². The first kappa shape index (κ1) is 10.3. The minimum atomic E-state index is -1.19. The summed E-state index contributed by atoms with van der Waals surface area (Å²) >= 11 is 1.48. The minimum absolute atomic E-state index is 0.422. The Kier molecular flexibility index (Phi) is 3.08. The third kappa shape index (κ3) is 2.40. The molecule has 0 aliphatic carbocycles. The van der Waals surface area contributed by atoms with Crippen molar-refractivity contribution in [1.82, 2.24) is 9.97 Å². The van der Waals surface area contributed by atoms with Gasteiger partial charge < -0.3 is 5.73 Å². The molecule has 0 saturated heterocycles. The lowest BCUT2D eigenvalue weighted by molar-refractivity contribution is 0.680. The van der Waals surface area contributed by atoms with Crippen molar-refractivity contribution in [1.29, 1.82) is 0 Å². The number of rotatable bonds is 3. The highest BCUT2D eigenvalue weighted by Gasteiger charge is 2.10. The molecule has 2 N–H and O–H groups in total. The largest absolute Gasteiger partial charge is 0.396 e. The first-order valence-corrected chi connectivity index (χ1v) is 6.43. The molecule has 0 aliphatic rings. The smallest absolute Gasteiger partial charge is 0.150 e. The molecule has 1 atom stereocenters. The van der Waals surface area contributed by atoms with E-state index in [4.69, 9.17) is 5.73 Å². The van der Waals surface area contributed by atoms with Crippen molar-refractivity contribution >= 4 is 27.8 Å². The number of aromatic nitrogens is 2. The monoisotopic (exact) mass is 239 g/mol. The fourth-order valence-corrected chi connectivity index (χ4v) is 3.06. The summed E-state index contributed by atoms with van der Waals surface area (Å²) in [6, 6.07) is 3.43. The molecule has 4 nitrogen and oxygen atoms in total.